The van der Waals surface area contributed by atoms with E-state index in [1.165, 1.54) is 0 Å². The van der Waals surface area contributed by atoms with Crippen molar-refractivity contribution >= 4 is 21.6 Å². The van der Waals surface area contributed by atoms with Crippen LogP contribution in [0.4, 0.5) is 0 Å². The van der Waals surface area contributed by atoms with Crippen molar-refractivity contribution in [2.24, 2.45) is 5.73 Å². The van der Waals surface area contributed by atoms with E-state index in [0.717, 1.165) is 11.0 Å². The monoisotopic (exact) mass is 255 g/mol. The zero-order valence-corrected chi connectivity index (χ0v) is 9.27. The smallest absolute Gasteiger partial charge is 0.178 e. The quantitative estimate of drug-likeness (QED) is 0.879. The highest BCUT2D eigenvalue weighted by Gasteiger charge is 2.12. The first kappa shape index (κ1) is 9.54. The summed E-state index contributed by atoms with van der Waals surface area (Å²) in [5.74, 6) is 0.698. The maximum absolute atomic E-state index is 5.88. The Morgan fingerprint density at radius 3 is 3.00 bits per heavy atom. The number of nitrogens with zero attached hydrogens (tertiary/aromatic N) is 4. The van der Waals surface area contributed by atoms with Crippen LogP contribution >= 0.6 is 15.9 Å². The molecule has 0 amide bonds. The molecule has 0 aliphatic rings. The van der Waals surface area contributed by atoms with Crippen LogP contribution in [0.5, 0.6) is 0 Å². The van der Waals surface area contributed by atoms with E-state index in [2.05, 4.69) is 31.2 Å². The van der Waals surface area contributed by atoms with Gasteiger partial charge in [0.2, 0.25) is 0 Å². The van der Waals surface area contributed by atoms with Gasteiger partial charge in [-0.25, -0.2) is 0 Å². The highest BCUT2D eigenvalue weighted by molar-refractivity contribution is 9.10. The molecular formula is C8H10BrN5. The van der Waals surface area contributed by atoms with Crippen molar-refractivity contribution in [3.8, 4) is 0 Å². The van der Waals surface area contributed by atoms with E-state index in [9.17, 15) is 0 Å². The van der Waals surface area contributed by atoms with Crippen molar-refractivity contribution in [1.29, 1.82) is 0 Å². The molecule has 14 heavy (non-hydrogen) atoms. The van der Waals surface area contributed by atoms with Crippen LogP contribution in [0.1, 0.15) is 25.2 Å². The second-order valence-corrected chi connectivity index (χ2v) is 3.81. The molecule has 2 aromatic heterocycles. The third-order valence-electron chi connectivity index (χ3n) is 2.03. The number of fused-ring (bicyclic) bond motifs is 1. The third-order valence-corrected chi connectivity index (χ3v) is 2.45. The largest absolute Gasteiger partial charge is 0.321 e. The van der Waals surface area contributed by atoms with Crippen molar-refractivity contribution < 1.29 is 0 Å². The second kappa shape index (κ2) is 3.62. The Morgan fingerprint density at radius 2 is 2.29 bits per heavy atom. The molecule has 0 spiro atoms. The molecule has 74 valence electrons. The van der Waals surface area contributed by atoms with Crippen LogP contribution in [0.15, 0.2) is 16.7 Å². The highest BCUT2D eigenvalue weighted by atomic mass is 79.9. The molecule has 2 aromatic rings. The van der Waals surface area contributed by atoms with Gasteiger partial charge in [-0.1, -0.05) is 6.92 Å². The van der Waals surface area contributed by atoms with Crippen LogP contribution in [0.25, 0.3) is 5.65 Å². The fraction of sp³-hybridized carbons (Fsp3) is 0.375. The maximum atomic E-state index is 5.88. The minimum absolute atomic E-state index is 0.119. The van der Waals surface area contributed by atoms with Crippen LogP contribution in [0.2, 0.25) is 0 Å². The van der Waals surface area contributed by atoms with E-state index < -0.39 is 0 Å². The fourth-order valence-electron chi connectivity index (χ4n) is 1.20. The van der Waals surface area contributed by atoms with E-state index >= 15 is 0 Å². The van der Waals surface area contributed by atoms with Gasteiger partial charge in [0.25, 0.3) is 0 Å². The SMILES string of the molecule is CCC(N)c1nnc2ccc(Br)nn12. The van der Waals surface area contributed by atoms with Crippen LogP contribution in [-0.2, 0) is 0 Å². The molecule has 0 saturated carbocycles. The second-order valence-electron chi connectivity index (χ2n) is 3.00. The van der Waals surface area contributed by atoms with Gasteiger partial charge in [0.15, 0.2) is 11.5 Å². The molecule has 2 heterocycles. The number of hydrogen-bond donors (Lipinski definition) is 1. The molecule has 1 atom stereocenters. The molecule has 0 aromatic carbocycles. The van der Waals surface area contributed by atoms with E-state index in [1.807, 2.05) is 19.1 Å². The Bertz CT molecular complexity index is 452. The van der Waals surface area contributed by atoms with Gasteiger partial charge in [0.1, 0.15) is 4.60 Å². The summed E-state index contributed by atoms with van der Waals surface area (Å²) in [6, 6.07) is 3.55. The lowest BCUT2D eigenvalue weighted by molar-refractivity contribution is 0.621. The van der Waals surface area contributed by atoms with Gasteiger partial charge in [-0.15, -0.1) is 10.2 Å². The van der Waals surface area contributed by atoms with Gasteiger partial charge >= 0.3 is 0 Å². The molecule has 1 unspecified atom stereocenters. The van der Waals surface area contributed by atoms with Crippen molar-refractivity contribution in [2.75, 3.05) is 0 Å². The number of halogens is 1. The first-order chi connectivity index (χ1) is 6.72. The van der Waals surface area contributed by atoms with Crippen LogP contribution in [0, 0.1) is 0 Å². The molecule has 0 radical (unpaired) electrons. The summed E-state index contributed by atoms with van der Waals surface area (Å²) in [6.45, 7) is 2.00. The zero-order chi connectivity index (χ0) is 10.1. The third kappa shape index (κ3) is 1.51. The van der Waals surface area contributed by atoms with E-state index in [0.29, 0.717) is 11.5 Å². The minimum Gasteiger partial charge on any atom is -0.321 e. The lowest BCUT2D eigenvalue weighted by Crippen LogP contribution is -2.13. The molecule has 5 nitrogen and oxygen atoms in total. The predicted molar refractivity (Wildman–Crippen MR) is 55.7 cm³/mol. The fourth-order valence-corrected chi connectivity index (χ4v) is 1.49. The number of nitrogens with two attached hydrogens (primary N) is 1. The minimum atomic E-state index is -0.119. The summed E-state index contributed by atoms with van der Waals surface area (Å²) < 4.78 is 2.41. The Labute approximate surface area is 89.4 Å². The normalized spacial score (nSPS) is 13.4. The Morgan fingerprint density at radius 1 is 1.50 bits per heavy atom. The van der Waals surface area contributed by atoms with E-state index in [4.69, 9.17) is 5.73 Å². The van der Waals surface area contributed by atoms with Gasteiger partial charge in [-0.05, 0) is 34.5 Å². The van der Waals surface area contributed by atoms with E-state index in [1.54, 1.807) is 4.52 Å². The first-order valence-electron chi connectivity index (χ1n) is 4.36. The average Bonchev–Trinajstić information content (AvgIpc) is 2.59. The molecule has 0 bridgehead atoms. The molecule has 2 N–H and O–H groups in total. The highest BCUT2D eigenvalue weighted by Crippen LogP contribution is 2.13. The van der Waals surface area contributed by atoms with Gasteiger partial charge in [-0.3, -0.25) is 0 Å². The Balaban J connectivity index is 2.61. The Kier molecular flexibility index (Phi) is 2.47. The van der Waals surface area contributed by atoms with E-state index in [-0.39, 0.29) is 6.04 Å². The van der Waals surface area contributed by atoms with Gasteiger partial charge in [0, 0.05) is 0 Å². The molecule has 0 saturated heterocycles. The first-order valence-corrected chi connectivity index (χ1v) is 5.15. The lowest BCUT2D eigenvalue weighted by Gasteiger charge is -2.04. The molecule has 0 aliphatic carbocycles. The Hall–Kier alpha value is -1.01. The average molecular weight is 256 g/mol. The number of hydrogen-bond acceptors (Lipinski definition) is 4. The topological polar surface area (TPSA) is 69.1 Å². The number of rotatable bonds is 2. The van der Waals surface area contributed by atoms with Crippen LogP contribution in [0.3, 0.4) is 0 Å². The van der Waals surface area contributed by atoms with Gasteiger partial charge < -0.3 is 5.73 Å². The predicted octanol–water partition coefficient (Wildman–Crippen LogP) is 1.30. The standard InChI is InChI=1S/C8H10BrN5/c1-2-5(10)8-12-11-7-4-3-6(9)13-14(7)8/h3-5H,2,10H2,1H3. The maximum Gasteiger partial charge on any atom is 0.178 e. The lowest BCUT2D eigenvalue weighted by atomic mass is 10.2. The van der Waals surface area contributed by atoms with Gasteiger partial charge in [0.05, 0.1) is 6.04 Å². The van der Waals surface area contributed by atoms with Crippen molar-refractivity contribution in [2.45, 2.75) is 19.4 Å². The molecule has 2 rings (SSSR count). The van der Waals surface area contributed by atoms with Crippen molar-refractivity contribution in [3.05, 3.63) is 22.6 Å². The zero-order valence-electron chi connectivity index (χ0n) is 7.68. The van der Waals surface area contributed by atoms with Crippen molar-refractivity contribution in [1.82, 2.24) is 19.8 Å². The summed E-state index contributed by atoms with van der Waals surface area (Å²) in [6.07, 6.45) is 0.814. The molecule has 6 heteroatoms. The molecular weight excluding hydrogens is 246 g/mol. The van der Waals surface area contributed by atoms with Crippen molar-refractivity contribution in [3.63, 3.8) is 0 Å². The summed E-state index contributed by atoms with van der Waals surface area (Å²) in [5, 5.41) is 12.2. The molecule has 0 aliphatic heterocycles. The molecule has 0 fully saturated rings. The summed E-state index contributed by atoms with van der Waals surface area (Å²) in [7, 11) is 0. The summed E-state index contributed by atoms with van der Waals surface area (Å²) in [4.78, 5) is 0. The summed E-state index contributed by atoms with van der Waals surface area (Å²) in [5.41, 5.74) is 6.59. The van der Waals surface area contributed by atoms with Gasteiger partial charge in [-0.2, -0.15) is 9.61 Å². The summed E-state index contributed by atoms with van der Waals surface area (Å²) >= 11 is 3.29. The van der Waals surface area contributed by atoms with Crippen LogP contribution in [-0.4, -0.2) is 19.8 Å². The van der Waals surface area contributed by atoms with Crippen LogP contribution < -0.4 is 5.73 Å². The number of aromatic nitrogens is 4.